The maximum Gasteiger partial charge on any atom is 0.119 e. The van der Waals surface area contributed by atoms with Crippen LogP contribution in [0.1, 0.15) is 26.7 Å². The summed E-state index contributed by atoms with van der Waals surface area (Å²) in [5, 5.41) is 3.43. The zero-order valence-electron chi connectivity index (χ0n) is 9.70. The van der Waals surface area contributed by atoms with Crippen molar-refractivity contribution >= 4 is 0 Å². The normalized spacial score (nSPS) is 12.4. The molecule has 1 atom stereocenters. The molecule has 1 aromatic rings. The maximum absolute atomic E-state index is 5.64. The van der Waals surface area contributed by atoms with Gasteiger partial charge in [-0.1, -0.05) is 31.5 Å². The molecule has 0 saturated heterocycles. The van der Waals surface area contributed by atoms with E-state index in [1.54, 1.807) is 0 Å². The van der Waals surface area contributed by atoms with Gasteiger partial charge in [-0.25, -0.2) is 0 Å². The first kappa shape index (κ1) is 12.1. The molecular weight excluding hydrogens is 186 g/mol. The van der Waals surface area contributed by atoms with Crippen LogP contribution in [-0.2, 0) is 0 Å². The Morgan fingerprint density at radius 3 is 2.67 bits per heavy atom. The summed E-state index contributed by atoms with van der Waals surface area (Å²) in [5.41, 5.74) is 0. The van der Waals surface area contributed by atoms with Crippen LogP contribution in [0.15, 0.2) is 30.3 Å². The largest absolute Gasteiger partial charge is 0.492 e. The first-order valence-corrected chi connectivity index (χ1v) is 5.74. The second-order valence-corrected chi connectivity index (χ2v) is 3.83. The summed E-state index contributed by atoms with van der Waals surface area (Å²) in [6, 6.07) is 10.4. The van der Waals surface area contributed by atoms with Crippen molar-refractivity contribution in [3.63, 3.8) is 0 Å². The summed E-state index contributed by atoms with van der Waals surface area (Å²) in [6.45, 7) is 6.16. The van der Waals surface area contributed by atoms with Crippen molar-refractivity contribution in [3.8, 4) is 5.75 Å². The molecule has 0 unspecified atom stereocenters. The Bertz CT molecular complexity index is 248. The van der Waals surface area contributed by atoms with E-state index in [1.807, 2.05) is 30.3 Å². The second kappa shape index (κ2) is 7.30. The number of para-hydroxylation sites is 1. The van der Waals surface area contributed by atoms with Gasteiger partial charge in [-0.15, -0.1) is 0 Å². The number of rotatable bonds is 7. The predicted molar refractivity (Wildman–Crippen MR) is 64.3 cm³/mol. The van der Waals surface area contributed by atoms with Gasteiger partial charge >= 0.3 is 0 Å². The highest BCUT2D eigenvalue weighted by Crippen LogP contribution is 2.08. The number of nitrogens with one attached hydrogen (secondary N) is 1. The topological polar surface area (TPSA) is 21.3 Å². The van der Waals surface area contributed by atoms with Gasteiger partial charge in [0.25, 0.3) is 0 Å². The van der Waals surface area contributed by atoms with Crippen LogP contribution in [0.5, 0.6) is 5.75 Å². The van der Waals surface area contributed by atoms with Crippen LogP contribution < -0.4 is 10.1 Å². The predicted octanol–water partition coefficient (Wildman–Crippen LogP) is 2.84. The highest BCUT2D eigenvalue weighted by molar-refractivity contribution is 5.20. The molecule has 0 aliphatic heterocycles. The van der Waals surface area contributed by atoms with Crippen LogP contribution in [-0.4, -0.2) is 19.2 Å². The van der Waals surface area contributed by atoms with E-state index in [0.717, 1.165) is 18.9 Å². The number of hydrogen-bond acceptors (Lipinski definition) is 2. The molecular formula is C13H21NO. The molecule has 84 valence electrons. The first-order valence-electron chi connectivity index (χ1n) is 5.74. The van der Waals surface area contributed by atoms with E-state index in [4.69, 9.17) is 4.74 Å². The fraction of sp³-hybridized carbons (Fsp3) is 0.538. The van der Waals surface area contributed by atoms with E-state index in [0.29, 0.717) is 6.04 Å². The molecule has 0 saturated carbocycles. The van der Waals surface area contributed by atoms with Crippen molar-refractivity contribution in [3.05, 3.63) is 30.3 Å². The van der Waals surface area contributed by atoms with Crippen molar-refractivity contribution in [2.75, 3.05) is 13.2 Å². The minimum absolute atomic E-state index is 0.414. The number of hydrogen-bond donors (Lipinski definition) is 1. The van der Waals surface area contributed by atoms with Gasteiger partial charge in [-0.3, -0.25) is 0 Å². The van der Waals surface area contributed by atoms with E-state index >= 15 is 0 Å². The molecule has 0 aromatic heterocycles. The maximum atomic E-state index is 5.64. The van der Waals surface area contributed by atoms with Crippen molar-refractivity contribution in [1.29, 1.82) is 0 Å². The molecule has 1 aromatic carbocycles. The number of unbranched alkanes of at least 4 members (excludes halogenated alkanes) is 1. The average molecular weight is 207 g/mol. The summed E-state index contributed by atoms with van der Waals surface area (Å²) in [4.78, 5) is 0. The van der Waals surface area contributed by atoms with Crippen molar-refractivity contribution in [2.45, 2.75) is 32.7 Å². The molecule has 0 aliphatic rings. The molecule has 0 bridgehead atoms. The van der Waals surface area contributed by atoms with Gasteiger partial charge in [-0.2, -0.15) is 0 Å². The lowest BCUT2D eigenvalue weighted by Gasteiger charge is -2.14. The quantitative estimate of drug-likeness (QED) is 0.694. The van der Waals surface area contributed by atoms with E-state index < -0.39 is 0 Å². The van der Waals surface area contributed by atoms with Gasteiger partial charge in [0.15, 0.2) is 0 Å². The minimum atomic E-state index is 0.414. The molecule has 1 rings (SSSR count). The van der Waals surface area contributed by atoms with E-state index in [1.165, 1.54) is 12.8 Å². The molecule has 0 aliphatic carbocycles. The molecule has 0 amide bonds. The fourth-order valence-corrected chi connectivity index (χ4v) is 1.32. The lowest BCUT2D eigenvalue weighted by Crippen LogP contribution is -2.32. The minimum Gasteiger partial charge on any atom is -0.492 e. The number of benzene rings is 1. The monoisotopic (exact) mass is 207 g/mol. The zero-order valence-corrected chi connectivity index (χ0v) is 9.70. The SMILES string of the molecule is CCCCN[C@H](C)COc1ccccc1. The summed E-state index contributed by atoms with van der Waals surface area (Å²) < 4.78 is 5.64. The molecule has 0 radical (unpaired) electrons. The summed E-state index contributed by atoms with van der Waals surface area (Å²) in [7, 11) is 0. The van der Waals surface area contributed by atoms with Gasteiger partial charge in [0.1, 0.15) is 12.4 Å². The van der Waals surface area contributed by atoms with Gasteiger partial charge < -0.3 is 10.1 Å². The lowest BCUT2D eigenvalue weighted by molar-refractivity contribution is 0.273. The van der Waals surface area contributed by atoms with E-state index in [2.05, 4.69) is 19.2 Å². The van der Waals surface area contributed by atoms with Crippen molar-refractivity contribution in [1.82, 2.24) is 5.32 Å². The van der Waals surface area contributed by atoms with Crippen LogP contribution in [0.4, 0.5) is 0 Å². The Kier molecular flexibility index (Phi) is 5.86. The highest BCUT2D eigenvalue weighted by Gasteiger charge is 2.00. The summed E-state index contributed by atoms with van der Waals surface area (Å²) >= 11 is 0. The number of ether oxygens (including phenoxy) is 1. The first-order chi connectivity index (χ1) is 7.33. The average Bonchev–Trinajstić information content (AvgIpc) is 2.28. The van der Waals surface area contributed by atoms with Gasteiger partial charge in [0.2, 0.25) is 0 Å². The zero-order chi connectivity index (χ0) is 10.9. The Morgan fingerprint density at radius 1 is 1.27 bits per heavy atom. The summed E-state index contributed by atoms with van der Waals surface area (Å²) in [6.07, 6.45) is 2.47. The summed E-state index contributed by atoms with van der Waals surface area (Å²) in [5.74, 6) is 0.946. The van der Waals surface area contributed by atoms with Crippen LogP contribution in [0.25, 0.3) is 0 Å². The van der Waals surface area contributed by atoms with Crippen molar-refractivity contribution < 1.29 is 4.74 Å². The van der Waals surface area contributed by atoms with Crippen LogP contribution in [0.3, 0.4) is 0 Å². The molecule has 0 heterocycles. The molecule has 0 spiro atoms. The Morgan fingerprint density at radius 2 is 2.00 bits per heavy atom. The van der Waals surface area contributed by atoms with E-state index in [9.17, 15) is 0 Å². The molecule has 1 N–H and O–H groups in total. The van der Waals surface area contributed by atoms with Gasteiger partial charge in [-0.05, 0) is 32.0 Å². The standard InChI is InChI=1S/C13H21NO/c1-3-4-10-14-12(2)11-15-13-8-6-5-7-9-13/h5-9,12,14H,3-4,10-11H2,1-2H3/t12-/m1/s1. The smallest absolute Gasteiger partial charge is 0.119 e. The highest BCUT2D eigenvalue weighted by atomic mass is 16.5. The van der Waals surface area contributed by atoms with Crippen molar-refractivity contribution in [2.24, 2.45) is 0 Å². The molecule has 2 nitrogen and oxygen atoms in total. The van der Waals surface area contributed by atoms with Crippen LogP contribution >= 0.6 is 0 Å². The molecule has 0 fully saturated rings. The Balaban J connectivity index is 2.14. The van der Waals surface area contributed by atoms with Crippen LogP contribution in [0, 0.1) is 0 Å². The van der Waals surface area contributed by atoms with Gasteiger partial charge in [0, 0.05) is 6.04 Å². The third-order valence-electron chi connectivity index (χ3n) is 2.27. The third kappa shape index (κ3) is 5.43. The Labute approximate surface area is 92.6 Å². The molecule has 2 heteroatoms. The van der Waals surface area contributed by atoms with Crippen LogP contribution in [0.2, 0.25) is 0 Å². The van der Waals surface area contributed by atoms with Gasteiger partial charge in [0.05, 0.1) is 0 Å². The Hall–Kier alpha value is -1.02. The second-order valence-electron chi connectivity index (χ2n) is 3.83. The third-order valence-corrected chi connectivity index (χ3v) is 2.27. The lowest BCUT2D eigenvalue weighted by atomic mass is 10.3. The fourth-order valence-electron chi connectivity index (χ4n) is 1.32. The van der Waals surface area contributed by atoms with E-state index in [-0.39, 0.29) is 0 Å². The molecule has 15 heavy (non-hydrogen) atoms.